The lowest BCUT2D eigenvalue weighted by Gasteiger charge is -2.25. The Bertz CT molecular complexity index is 781. The van der Waals surface area contributed by atoms with Gasteiger partial charge in [0.15, 0.2) is 5.78 Å². The van der Waals surface area contributed by atoms with E-state index in [4.69, 9.17) is 4.63 Å². The predicted molar refractivity (Wildman–Crippen MR) is 78.3 cm³/mol. The van der Waals surface area contributed by atoms with Gasteiger partial charge in [-0.1, -0.05) is 12.1 Å². The van der Waals surface area contributed by atoms with Crippen LogP contribution in [0.15, 0.2) is 40.2 Å². The molecule has 7 heteroatoms. The van der Waals surface area contributed by atoms with Crippen LogP contribution in [0.3, 0.4) is 0 Å². The van der Waals surface area contributed by atoms with Gasteiger partial charge in [-0.05, 0) is 40.9 Å². The Balaban J connectivity index is 1.88. The minimum Gasteiger partial charge on any atom is -0.508 e. The zero-order valence-electron chi connectivity index (χ0n) is 11.7. The molecule has 0 amide bonds. The van der Waals surface area contributed by atoms with E-state index in [2.05, 4.69) is 20.9 Å². The maximum absolute atomic E-state index is 12.5. The number of ketones is 1. The van der Waals surface area contributed by atoms with Gasteiger partial charge in [-0.2, -0.15) is 0 Å². The molecule has 3 N–H and O–H groups in total. The lowest BCUT2D eigenvalue weighted by Crippen LogP contribution is -2.23. The fourth-order valence-corrected chi connectivity index (χ4v) is 3.00. The van der Waals surface area contributed by atoms with Crippen LogP contribution >= 0.6 is 0 Å². The molecule has 2 heterocycles. The Morgan fingerprint density at radius 3 is 2.95 bits per heavy atom. The number of benzene rings is 1. The highest BCUT2D eigenvalue weighted by atomic mass is 16.6. The molecule has 0 fully saturated rings. The third-order valence-corrected chi connectivity index (χ3v) is 3.99. The molecule has 1 aliphatic carbocycles. The summed E-state index contributed by atoms with van der Waals surface area (Å²) in [5.41, 5.74) is 2.31. The smallest absolute Gasteiger partial charge is 0.219 e. The summed E-state index contributed by atoms with van der Waals surface area (Å²) < 4.78 is 4.76. The molecule has 112 valence electrons. The minimum atomic E-state index is -0.393. The van der Waals surface area contributed by atoms with Crippen LogP contribution in [0, 0.1) is 0 Å². The van der Waals surface area contributed by atoms with E-state index >= 15 is 0 Å². The van der Waals surface area contributed by atoms with Crippen molar-refractivity contribution in [2.75, 3.05) is 10.6 Å². The summed E-state index contributed by atoms with van der Waals surface area (Å²) >= 11 is 0. The lowest BCUT2D eigenvalue weighted by molar-refractivity contribution is -0.116. The number of aromatic hydroxyl groups is 1. The molecule has 2 aromatic rings. The van der Waals surface area contributed by atoms with Gasteiger partial charge >= 0.3 is 0 Å². The van der Waals surface area contributed by atoms with Gasteiger partial charge < -0.3 is 15.7 Å². The quantitative estimate of drug-likeness (QED) is 0.743. The Morgan fingerprint density at radius 2 is 2.09 bits per heavy atom. The number of nitrogens with one attached hydrogen (secondary N) is 2. The maximum atomic E-state index is 12.5. The van der Waals surface area contributed by atoms with Crippen LogP contribution in [0.25, 0.3) is 0 Å². The second-order valence-corrected chi connectivity index (χ2v) is 5.43. The zero-order valence-corrected chi connectivity index (χ0v) is 11.7. The molecular weight excluding hydrogens is 284 g/mol. The first kappa shape index (κ1) is 12.9. The summed E-state index contributed by atoms with van der Waals surface area (Å²) in [6.07, 6.45) is 2.09. The van der Waals surface area contributed by atoms with E-state index in [9.17, 15) is 9.90 Å². The normalized spacial score (nSPS) is 20.5. The number of carbonyl (C=O) groups excluding carboxylic acids is 1. The molecule has 0 saturated heterocycles. The Kier molecular flexibility index (Phi) is 2.85. The first-order chi connectivity index (χ1) is 10.7. The highest BCUT2D eigenvalue weighted by Crippen LogP contribution is 2.39. The SMILES string of the molecule is O=C1CCCC2=C1[C@H](c1cccc(O)c1)Nc1nonc1N2. The number of Topliss-reactive ketones (excluding diaryl/α,β-unsaturated/α-hetero) is 1. The monoisotopic (exact) mass is 298 g/mol. The fourth-order valence-electron chi connectivity index (χ4n) is 3.00. The Labute approximate surface area is 126 Å². The first-order valence-corrected chi connectivity index (χ1v) is 7.13. The molecule has 1 aromatic carbocycles. The highest BCUT2D eigenvalue weighted by molar-refractivity contribution is 6.00. The average molecular weight is 298 g/mol. The number of phenols is 1. The van der Waals surface area contributed by atoms with Crippen molar-refractivity contribution in [3.63, 3.8) is 0 Å². The Hall–Kier alpha value is -2.83. The van der Waals surface area contributed by atoms with Crippen molar-refractivity contribution >= 4 is 17.4 Å². The molecule has 7 nitrogen and oxygen atoms in total. The molecule has 4 rings (SSSR count). The maximum Gasteiger partial charge on any atom is 0.219 e. The number of nitrogens with zero attached hydrogens (tertiary/aromatic N) is 2. The van der Waals surface area contributed by atoms with E-state index in [1.807, 2.05) is 6.07 Å². The number of rotatable bonds is 1. The molecule has 0 spiro atoms. The Morgan fingerprint density at radius 1 is 1.23 bits per heavy atom. The van der Waals surface area contributed by atoms with Crippen LogP contribution in [0.5, 0.6) is 5.75 Å². The largest absolute Gasteiger partial charge is 0.508 e. The second kappa shape index (κ2) is 4.87. The van der Waals surface area contributed by atoms with Gasteiger partial charge in [0.25, 0.3) is 0 Å². The van der Waals surface area contributed by atoms with Crippen LogP contribution < -0.4 is 10.6 Å². The molecule has 1 aromatic heterocycles. The van der Waals surface area contributed by atoms with E-state index in [0.29, 0.717) is 23.6 Å². The topological polar surface area (TPSA) is 100 Å². The number of hydrogen-bond donors (Lipinski definition) is 3. The molecule has 0 saturated carbocycles. The summed E-state index contributed by atoms with van der Waals surface area (Å²) in [6.45, 7) is 0. The van der Waals surface area contributed by atoms with Crippen molar-refractivity contribution in [2.45, 2.75) is 25.3 Å². The lowest BCUT2D eigenvalue weighted by atomic mass is 9.87. The van der Waals surface area contributed by atoms with Crippen molar-refractivity contribution in [1.29, 1.82) is 0 Å². The van der Waals surface area contributed by atoms with E-state index < -0.39 is 6.04 Å². The van der Waals surface area contributed by atoms with Crippen LogP contribution in [-0.2, 0) is 4.79 Å². The molecule has 1 aliphatic heterocycles. The number of aromatic nitrogens is 2. The standard InChI is InChI=1S/C15H14N4O3/c20-9-4-1-3-8(7-9)13-12-10(5-2-6-11(12)21)16-14-15(17-13)19-22-18-14/h1,3-4,7,13,20H,2,5-6H2,(H,16,18)(H,17,19)/t13-/m0/s1. The van der Waals surface area contributed by atoms with E-state index in [1.165, 1.54) is 0 Å². The van der Waals surface area contributed by atoms with Crippen molar-refractivity contribution in [2.24, 2.45) is 0 Å². The number of phenolic OH excluding ortho intramolecular Hbond substituents is 1. The van der Waals surface area contributed by atoms with E-state index in [0.717, 1.165) is 24.1 Å². The van der Waals surface area contributed by atoms with Gasteiger partial charge in [-0.3, -0.25) is 4.79 Å². The summed E-state index contributed by atoms with van der Waals surface area (Å²) in [5.74, 6) is 1.18. The van der Waals surface area contributed by atoms with Gasteiger partial charge in [0.1, 0.15) is 5.75 Å². The molecule has 2 aliphatic rings. The van der Waals surface area contributed by atoms with Crippen LogP contribution in [0.1, 0.15) is 30.9 Å². The van der Waals surface area contributed by atoms with Gasteiger partial charge in [-0.15, -0.1) is 0 Å². The van der Waals surface area contributed by atoms with Crippen molar-refractivity contribution in [3.8, 4) is 5.75 Å². The molecule has 0 radical (unpaired) electrons. The number of fused-ring (bicyclic) bond motifs is 1. The number of carbonyl (C=O) groups is 1. The molecule has 0 unspecified atom stereocenters. The molecule has 0 bridgehead atoms. The second-order valence-electron chi connectivity index (χ2n) is 5.43. The van der Waals surface area contributed by atoms with E-state index in [-0.39, 0.29) is 11.5 Å². The summed E-state index contributed by atoms with van der Waals surface area (Å²) in [6, 6.07) is 6.46. The van der Waals surface area contributed by atoms with Gasteiger partial charge in [-0.25, -0.2) is 4.63 Å². The molecule has 1 atom stereocenters. The zero-order chi connectivity index (χ0) is 15.1. The van der Waals surface area contributed by atoms with Crippen LogP contribution in [0.2, 0.25) is 0 Å². The van der Waals surface area contributed by atoms with Crippen molar-refractivity contribution in [1.82, 2.24) is 10.3 Å². The summed E-state index contributed by atoms with van der Waals surface area (Å²) in [7, 11) is 0. The third kappa shape index (κ3) is 2.02. The predicted octanol–water partition coefficient (Wildman–Crippen LogP) is 2.36. The minimum absolute atomic E-state index is 0.0942. The number of allylic oxidation sites excluding steroid dienone is 1. The van der Waals surface area contributed by atoms with Crippen molar-refractivity contribution < 1.29 is 14.5 Å². The summed E-state index contributed by atoms with van der Waals surface area (Å²) in [5, 5.41) is 23.7. The third-order valence-electron chi connectivity index (χ3n) is 3.99. The van der Waals surface area contributed by atoms with Crippen LogP contribution in [-0.4, -0.2) is 21.2 Å². The van der Waals surface area contributed by atoms with Gasteiger partial charge in [0.2, 0.25) is 11.6 Å². The first-order valence-electron chi connectivity index (χ1n) is 7.13. The van der Waals surface area contributed by atoms with E-state index in [1.54, 1.807) is 18.2 Å². The number of anilines is 2. The van der Waals surface area contributed by atoms with Crippen molar-refractivity contribution in [3.05, 3.63) is 41.1 Å². The fraction of sp³-hybridized carbons (Fsp3) is 0.267. The highest BCUT2D eigenvalue weighted by Gasteiger charge is 2.33. The molecular formula is C15H14N4O3. The molecule has 22 heavy (non-hydrogen) atoms. The summed E-state index contributed by atoms with van der Waals surface area (Å²) in [4.78, 5) is 12.5. The number of hydrogen-bond acceptors (Lipinski definition) is 7. The van der Waals surface area contributed by atoms with Gasteiger partial charge in [0, 0.05) is 17.7 Å². The van der Waals surface area contributed by atoms with Gasteiger partial charge in [0.05, 0.1) is 6.04 Å². The van der Waals surface area contributed by atoms with Crippen LogP contribution in [0.4, 0.5) is 11.6 Å². The average Bonchev–Trinajstić information content (AvgIpc) is 2.86.